The van der Waals surface area contributed by atoms with Crippen molar-refractivity contribution >= 4 is 34.4 Å². The second kappa shape index (κ2) is 8.53. The van der Waals surface area contributed by atoms with Crippen LogP contribution in [0.4, 0.5) is 10.2 Å². The number of rotatable bonds is 5. The number of nitrogens with zero attached hydrogens (tertiary/aromatic N) is 5. The van der Waals surface area contributed by atoms with Crippen LogP contribution in [0.5, 0.6) is 0 Å². The summed E-state index contributed by atoms with van der Waals surface area (Å²) in [6.07, 6.45) is 3.45. The Balaban J connectivity index is 1.48. The van der Waals surface area contributed by atoms with Crippen molar-refractivity contribution in [2.45, 2.75) is 32.6 Å². The van der Waals surface area contributed by atoms with E-state index in [4.69, 9.17) is 16.3 Å². The third-order valence-corrected chi connectivity index (χ3v) is 5.25. The molecule has 1 aromatic carbocycles. The van der Waals surface area contributed by atoms with Crippen molar-refractivity contribution in [2.24, 2.45) is 0 Å². The van der Waals surface area contributed by atoms with E-state index >= 15 is 0 Å². The summed E-state index contributed by atoms with van der Waals surface area (Å²) < 4.78 is 21.4. The standard InChI is InChI=1S/C20H22ClFN6O2/c1-12-9-27(10-13(2)30-12)18-14-8-26-28(19(14)25-11-24-18)7-6-23-20(29)17-15(21)4-3-5-16(17)22/h3-5,8,11-13H,6-7,9-10H2,1-2H3,(H,23,29)/t12-,13+. The minimum Gasteiger partial charge on any atom is -0.372 e. The summed E-state index contributed by atoms with van der Waals surface area (Å²) in [6.45, 7) is 6.16. The lowest BCUT2D eigenvalue weighted by Crippen LogP contribution is -2.45. The molecule has 158 valence electrons. The molecule has 1 aliphatic rings. The van der Waals surface area contributed by atoms with E-state index in [1.165, 1.54) is 24.5 Å². The number of anilines is 1. The van der Waals surface area contributed by atoms with Gasteiger partial charge in [-0.25, -0.2) is 19.0 Å². The van der Waals surface area contributed by atoms with E-state index in [0.29, 0.717) is 12.2 Å². The highest BCUT2D eigenvalue weighted by Crippen LogP contribution is 2.25. The predicted molar refractivity (Wildman–Crippen MR) is 111 cm³/mol. The quantitative estimate of drug-likeness (QED) is 0.667. The van der Waals surface area contributed by atoms with E-state index in [9.17, 15) is 9.18 Å². The molecule has 30 heavy (non-hydrogen) atoms. The van der Waals surface area contributed by atoms with E-state index < -0.39 is 11.7 Å². The van der Waals surface area contributed by atoms with Crippen LogP contribution in [0.25, 0.3) is 11.0 Å². The zero-order valence-electron chi connectivity index (χ0n) is 16.7. The Labute approximate surface area is 178 Å². The molecule has 1 N–H and O–H groups in total. The molecule has 2 atom stereocenters. The number of halogens is 2. The molecular weight excluding hydrogens is 411 g/mol. The first-order valence-corrected chi connectivity index (χ1v) is 10.1. The van der Waals surface area contributed by atoms with Crippen LogP contribution in [0.15, 0.2) is 30.7 Å². The van der Waals surface area contributed by atoms with Crippen molar-refractivity contribution in [3.8, 4) is 0 Å². The number of benzene rings is 1. The molecule has 0 bridgehead atoms. The summed E-state index contributed by atoms with van der Waals surface area (Å²) in [4.78, 5) is 23.3. The van der Waals surface area contributed by atoms with Crippen LogP contribution in [0.3, 0.4) is 0 Å². The van der Waals surface area contributed by atoms with Gasteiger partial charge in [-0.2, -0.15) is 5.10 Å². The van der Waals surface area contributed by atoms with Gasteiger partial charge < -0.3 is 15.0 Å². The fraction of sp³-hybridized carbons (Fsp3) is 0.400. The molecule has 2 aromatic heterocycles. The van der Waals surface area contributed by atoms with Gasteiger partial charge >= 0.3 is 0 Å². The van der Waals surface area contributed by atoms with Gasteiger partial charge in [-0.05, 0) is 26.0 Å². The molecule has 0 radical (unpaired) electrons. The van der Waals surface area contributed by atoms with E-state index in [1.54, 1.807) is 10.9 Å². The Kier molecular flexibility index (Phi) is 5.83. The lowest BCUT2D eigenvalue weighted by molar-refractivity contribution is -0.00537. The van der Waals surface area contributed by atoms with Gasteiger partial charge in [-0.3, -0.25) is 4.79 Å². The average Bonchev–Trinajstić information content (AvgIpc) is 3.10. The van der Waals surface area contributed by atoms with Crippen LogP contribution in [0.1, 0.15) is 24.2 Å². The fourth-order valence-corrected chi connectivity index (χ4v) is 3.97. The molecule has 0 aliphatic carbocycles. The summed E-state index contributed by atoms with van der Waals surface area (Å²) in [5.41, 5.74) is 0.509. The number of aromatic nitrogens is 4. The molecule has 10 heteroatoms. The minimum atomic E-state index is -0.657. The maximum Gasteiger partial charge on any atom is 0.255 e. The zero-order valence-corrected chi connectivity index (χ0v) is 17.4. The number of carbonyl (C=O) groups is 1. The Bertz CT molecular complexity index is 1040. The smallest absolute Gasteiger partial charge is 0.255 e. The Morgan fingerprint density at radius 3 is 2.80 bits per heavy atom. The van der Waals surface area contributed by atoms with Gasteiger partial charge in [0.05, 0.1) is 40.9 Å². The molecule has 3 heterocycles. The van der Waals surface area contributed by atoms with Crippen molar-refractivity contribution in [1.82, 2.24) is 25.1 Å². The summed E-state index contributed by atoms with van der Waals surface area (Å²) in [5, 5.41) is 7.99. The van der Waals surface area contributed by atoms with Crippen LogP contribution in [0.2, 0.25) is 5.02 Å². The molecule has 0 unspecified atom stereocenters. The highest BCUT2D eigenvalue weighted by atomic mass is 35.5. The van der Waals surface area contributed by atoms with Crippen LogP contribution in [0, 0.1) is 5.82 Å². The van der Waals surface area contributed by atoms with Crippen LogP contribution in [-0.2, 0) is 11.3 Å². The van der Waals surface area contributed by atoms with Crippen molar-refractivity contribution < 1.29 is 13.9 Å². The number of hydrogen-bond acceptors (Lipinski definition) is 6. The first-order valence-electron chi connectivity index (χ1n) is 9.73. The van der Waals surface area contributed by atoms with Crippen LogP contribution < -0.4 is 10.2 Å². The minimum absolute atomic E-state index is 0.0726. The topological polar surface area (TPSA) is 85.2 Å². The predicted octanol–water partition coefficient (Wildman–Crippen LogP) is 2.66. The number of amides is 1. The van der Waals surface area contributed by atoms with Gasteiger partial charge in [-0.1, -0.05) is 17.7 Å². The van der Waals surface area contributed by atoms with Crippen LogP contribution in [-0.4, -0.2) is 57.5 Å². The lowest BCUT2D eigenvalue weighted by Gasteiger charge is -2.36. The summed E-state index contributed by atoms with van der Waals surface area (Å²) >= 11 is 5.94. The number of ether oxygens (including phenoxy) is 1. The summed E-state index contributed by atoms with van der Waals surface area (Å²) in [7, 11) is 0. The first kappa shape index (κ1) is 20.5. The summed E-state index contributed by atoms with van der Waals surface area (Å²) in [6, 6.07) is 4.14. The van der Waals surface area contributed by atoms with Gasteiger partial charge in [0.2, 0.25) is 0 Å². The molecule has 0 spiro atoms. The van der Waals surface area contributed by atoms with Gasteiger partial charge in [-0.15, -0.1) is 0 Å². The van der Waals surface area contributed by atoms with E-state index in [-0.39, 0.29) is 29.3 Å². The normalized spacial score (nSPS) is 19.3. The second-order valence-electron chi connectivity index (χ2n) is 7.32. The maximum absolute atomic E-state index is 13.9. The Morgan fingerprint density at radius 2 is 2.07 bits per heavy atom. The number of hydrogen-bond donors (Lipinski definition) is 1. The van der Waals surface area contributed by atoms with E-state index in [2.05, 4.69) is 25.3 Å². The third kappa shape index (κ3) is 4.08. The number of nitrogens with one attached hydrogen (secondary N) is 1. The van der Waals surface area contributed by atoms with Crippen LogP contribution >= 0.6 is 11.6 Å². The molecule has 0 saturated carbocycles. The zero-order chi connectivity index (χ0) is 21.3. The monoisotopic (exact) mass is 432 g/mol. The fourth-order valence-electron chi connectivity index (χ4n) is 3.73. The SMILES string of the molecule is C[C@@H]1CN(c2ncnc3c2cnn3CCNC(=O)c2c(F)cccc2Cl)C[C@H](C)O1. The third-order valence-electron chi connectivity index (χ3n) is 4.93. The number of morpholine rings is 1. The highest BCUT2D eigenvalue weighted by Gasteiger charge is 2.25. The molecule has 1 aliphatic heterocycles. The number of fused-ring (bicyclic) bond motifs is 1. The molecule has 1 fully saturated rings. The van der Waals surface area contributed by atoms with Gasteiger partial charge in [0.25, 0.3) is 5.91 Å². The van der Waals surface area contributed by atoms with Crippen molar-refractivity contribution in [1.29, 1.82) is 0 Å². The molecule has 8 nitrogen and oxygen atoms in total. The molecule has 4 rings (SSSR count). The molecular formula is C20H22ClFN6O2. The van der Waals surface area contributed by atoms with E-state index in [0.717, 1.165) is 24.3 Å². The average molecular weight is 433 g/mol. The maximum atomic E-state index is 13.9. The van der Waals surface area contributed by atoms with Crippen molar-refractivity contribution in [3.05, 3.63) is 47.1 Å². The van der Waals surface area contributed by atoms with Gasteiger partial charge in [0.15, 0.2) is 5.65 Å². The Hall–Kier alpha value is -2.78. The molecule has 3 aromatic rings. The lowest BCUT2D eigenvalue weighted by atomic mass is 10.2. The van der Waals surface area contributed by atoms with E-state index in [1.807, 2.05) is 13.8 Å². The van der Waals surface area contributed by atoms with Gasteiger partial charge in [0.1, 0.15) is 18.0 Å². The molecule has 1 saturated heterocycles. The largest absolute Gasteiger partial charge is 0.372 e. The number of carbonyl (C=O) groups excluding carboxylic acids is 1. The second-order valence-corrected chi connectivity index (χ2v) is 7.72. The van der Waals surface area contributed by atoms with Crippen molar-refractivity contribution in [3.63, 3.8) is 0 Å². The molecule has 1 amide bonds. The summed E-state index contributed by atoms with van der Waals surface area (Å²) in [5.74, 6) is -0.410. The van der Waals surface area contributed by atoms with Gasteiger partial charge in [0, 0.05) is 19.6 Å². The highest BCUT2D eigenvalue weighted by molar-refractivity contribution is 6.33. The first-order chi connectivity index (χ1) is 14.4. The van der Waals surface area contributed by atoms with Crippen molar-refractivity contribution in [2.75, 3.05) is 24.5 Å². The Morgan fingerprint density at radius 1 is 1.30 bits per heavy atom.